The number of ether oxygens (including phenoxy) is 1. The van der Waals surface area contributed by atoms with Gasteiger partial charge in [0.1, 0.15) is 17.4 Å². The lowest BCUT2D eigenvalue weighted by molar-refractivity contribution is -0.117. The van der Waals surface area contributed by atoms with Crippen LogP contribution in [0.4, 0.5) is 0 Å². The number of unbranched alkanes of at least 4 members (excludes halogenated alkanes) is 1. The summed E-state index contributed by atoms with van der Waals surface area (Å²) in [4.78, 5) is 12.4. The molecule has 2 aromatic rings. The van der Waals surface area contributed by atoms with Gasteiger partial charge in [-0.2, -0.15) is 5.26 Å². The molecule has 0 saturated heterocycles. The molecule has 2 aromatic carbocycles. The first kappa shape index (κ1) is 19.3. The molecule has 0 saturated carbocycles. The van der Waals surface area contributed by atoms with Crippen LogP contribution in [0.2, 0.25) is 0 Å². The van der Waals surface area contributed by atoms with Crippen molar-refractivity contribution in [3.8, 4) is 11.8 Å². The van der Waals surface area contributed by atoms with Crippen molar-refractivity contribution in [3.05, 3.63) is 71.3 Å². The van der Waals surface area contributed by atoms with Gasteiger partial charge < -0.3 is 10.1 Å². The lowest BCUT2D eigenvalue weighted by atomic mass is 10.1. The molecule has 0 unspecified atom stereocenters. The van der Waals surface area contributed by atoms with Gasteiger partial charge >= 0.3 is 0 Å². The minimum atomic E-state index is -0.382. The monoisotopic (exact) mass is 348 g/mol. The lowest BCUT2D eigenvalue weighted by Crippen LogP contribution is -2.27. The molecule has 26 heavy (non-hydrogen) atoms. The molecule has 0 aliphatic carbocycles. The highest BCUT2D eigenvalue weighted by molar-refractivity contribution is 6.01. The SMILES string of the molecule is CCCCOc1ccc(/C=C(\C#N)C(=O)N[C@H](C)c2ccccc2)cc1. The Morgan fingerprint density at radius 3 is 2.50 bits per heavy atom. The summed E-state index contributed by atoms with van der Waals surface area (Å²) >= 11 is 0. The van der Waals surface area contributed by atoms with E-state index < -0.39 is 0 Å². The Morgan fingerprint density at radius 2 is 1.88 bits per heavy atom. The Labute approximate surface area is 155 Å². The van der Waals surface area contributed by atoms with E-state index in [2.05, 4.69) is 12.2 Å². The average molecular weight is 348 g/mol. The van der Waals surface area contributed by atoms with Crippen LogP contribution in [-0.4, -0.2) is 12.5 Å². The standard InChI is InChI=1S/C22H24N2O2/c1-3-4-14-26-21-12-10-18(11-13-21)15-20(16-23)22(25)24-17(2)19-8-6-5-7-9-19/h5-13,15,17H,3-4,14H2,1-2H3,(H,24,25)/b20-15+/t17-/m1/s1. The third-order valence-corrected chi connectivity index (χ3v) is 3.97. The van der Waals surface area contributed by atoms with E-state index in [1.165, 1.54) is 0 Å². The molecule has 4 nitrogen and oxygen atoms in total. The van der Waals surface area contributed by atoms with Gasteiger partial charge in [0, 0.05) is 0 Å². The maximum Gasteiger partial charge on any atom is 0.262 e. The second-order valence-corrected chi connectivity index (χ2v) is 6.05. The zero-order chi connectivity index (χ0) is 18.8. The van der Waals surface area contributed by atoms with Crippen molar-refractivity contribution in [1.29, 1.82) is 5.26 Å². The van der Waals surface area contributed by atoms with Crippen LogP contribution in [-0.2, 0) is 4.79 Å². The maximum absolute atomic E-state index is 12.4. The molecular formula is C22H24N2O2. The number of benzene rings is 2. The summed E-state index contributed by atoms with van der Waals surface area (Å²) in [5.41, 5.74) is 1.85. The first-order chi connectivity index (χ1) is 12.6. The molecule has 1 N–H and O–H groups in total. The molecule has 134 valence electrons. The molecular weight excluding hydrogens is 324 g/mol. The molecule has 0 spiro atoms. The van der Waals surface area contributed by atoms with Crippen LogP contribution in [0.3, 0.4) is 0 Å². The summed E-state index contributed by atoms with van der Waals surface area (Å²) in [6, 6.07) is 18.8. The van der Waals surface area contributed by atoms with Crippen molar-refractivity contribution in [2.75, 3.05) is 6.61 Å². The fourth-order valence-electron chi connectivity index (χ4n) is 2.41. The number of amides is 1. The normalized spacial score (nSPS) is 12.1. The summed E-state index contributed by atoms with van der Waals surface area (Å²) < 4.78 is 5.62. The lowest BCUT2D eigenvalue weighted by Gasteiger charge is -2.13. The molecule has 2 rings (SSSR count). The number of carbonyl (C=O) groups excluding carboxylic acids is 1. The highest BCUT2D eigenvalue weighted by Crippen LogP contribution is 2.16. The summed E-state index contributed by atoms with van der Waals surface area (Å²) in [5.74, 6) is 0.406. The van der Waals surface area contributed by atoms with Gasteiger partial charge in [0.2, 0.25) is 0 Å². The van der Waals surface area contributed by atoms with Gasteiger partial charge in [-0.1, -0.05) is 55.8 Å². The molecule has 0 aromatic heterocycles. The van der Waals surface area contributed by atoms with E-state index in [0.717, 1.165) is 29.7 Å². The molecule has 0 heterocycles. The maximum atomic E-state index is 12.4. The van der Waals surface area contributed by atoms with Crippen LogP contribution < -0.4 is 10.1 Å². The predicted octanol–water partition coefficient (Wildman–Crippen LogP) is 4.65. The highest BCUT2D eigenvalue weighted by atomic mass is 16.5. The van der Waals surface area contributed by atoms with Crippen LogP contribution in [0.15, 0.2) is 60.2 Å². The average Bonchev–Trinajstić information content (AvgIpc) is 2.68. The Morgan fingerprint density at radius 1 is 1.19 bits per heavy atom. The number of nitrogens with one attached hydrogen (secondary N) is 1. The van der Waals surface area contributed by atoms with Crippen LogP contribution >= 0.6 is 0 Å². The fraction of sp³-hybridized carbons (Fsp3) is 0.273. The molecule has 0 fully saturated rings. The van der Waals surface area contributed by atoms with E-state index in [1.807, 2.05) is 67.6 Å². The van der Waals surface area contributed by atoms with Gasteiger partial charge in [0.05, 0.1) is 12.6 Å². The van der Waals surface area contributed by atoms with Crippen LogP contribution in [0.25, 0.3) is 6.08 Å². The van der Waals surface area contributed by atoms with Gasteiger partial charge in [0.15, 0.2) is 0 Å². The van der Waals surface area contributed by atoms with E-state index in [9.17, 15) is 10.1 Å². The van der Waals surface area contributed by atoms with Gasteiger partial charge in [-0.15, -0.1) is 0 Å². The highest BCUT2D eigenvalue weighted by Gasteiger charge is 2.13. The Bertz CT molecular complexity index is 774. The first-order valence-corrected chi connectivity index (χ1v) is 8.84. The Hall–Kier alpha value is -3.06. The van der Waals surface area contributed by atoms with Crippen LogP contribution in [0, 0.1) is 11.3 Å². The molecule has 1 atom stereocenters. The Kier molecular flexibility index (Phi) is 7.45. The third kappa shape index (κ3) is 5.78. The predicted molar refractivity (Wildman–Crippen MR) is 103 cm³/mol. The fourth-order valence-corrected chi connectivity index (χ4v) is 2.41. The van der Waals surface area contributed by atoms with Gasteiger partial charge in [-0.25, -0.2) is 0 Å². The quantitative estimate of drug-likeness (QED) is 0.429. The number of hydrogen-bond acceptors (Lipinski definition) is 3. The zero-order valence-corrected chi connectivity index (χ0v) is 15.2. The van der Waals surface area contributed by atoms with Crippen molar-refractivity contribution in [2.24, 2.45) is 0 Å². The first-order valence-electron chi connectivity index (χ1n) is 8.84. The van der Waals surface area contributed by atoms with Crippen LogP contribution in [0.5, 0.6) is 5.75 Å². The minimum absolute atomic E-state index is 0.0763. The van der Waals surface area contributed by atoms with Crippen molar-refractivity contribution >= 4 is 12.0 Å². The Balaban J connectivity index is 2.02. The largest absolute Gasteiger partial charge is 0.494 e. The molecule has 0 bridgehead atoms. The van der Waals surface area contributed by atoms with Gasteiger partial charge in [0.25, 0.3) is 5.91 Å². The van der Waals surface area contributed by atoms with Gasteiger partial charge in [-0.3, -0.25) is 4.79 Å². The number of rotatable bonds is 8. The second kappa shape index (κ2) is 10.0. The van der Waals surface area contributed by atoms with E-state index in [0.29, 0.717) is 6.61 Å². The molecule has 4 heteroatoms. The van der Waals surface area contributed by atoms with E-state index >= 15 is 0 Å². The zero-order valence-electron chi connectivity index (χ0n) is 15.2. The van der Waals surface area contributed by atoms with Gasteiger partial charge in [-0.05, 0) is 42.7 Å². The molecule has 0 aliphatic heterocycles. The van der Waals surface area contributed by atoms with Crippen LogP contribution in [0.1, 0.15) is 43.9 Å². The van der Waals surface area contributed by atoms with Crippen molar-refractivity contribution in [2.45, 2.75) is 32.7 Å². The number of hydrogen-bond donors (Lipinski definition) is 1. The number of carbonyl (C=O) groups is 1. The van der Waals surface area contributed by atoms with Crippen molar-refractivity contribution < 1.29 is 9.53 Å². The third-order valence-electron chi connectivity index (χ3n) is 3.97. The smallest absolute Gasteiger partial charge is 0.262 e. The number of nitriles is 1. The topological polar surface area (TPSA) is 62.1 Å². The van der Waals surface area contributed by atoms with E-state index in [-0.39, 0.29) is 17.5 Å². The number of nitrogens with zero attached hydrogens (tertiary/aromatic N) is 1. The minimum Gasteiger partial charge on any atom is -0.494 e. The second-order valence-electron chi connectivity index (χ2n) is 6.05. The summed E-state index contributed by atoms with van der Waals surface area (Å²) in [6.07, 6.45) is 3.69. The summed E-state index contributed by atoms with van der Waals surface area (Å²) in [6.45, 7) is 4.70. The molecule has 0 radical (unpaired) electrons. The van der Waals surface area contributed by atoms with E-state index in [1.54, 1.807) is 6.08 Å². The van der Waals surface area contributed by atoms with E-state index in [4.69, 9.17) is 4.74 Å². The summed E-state index contributed by atoms with van der Waals surface area (Å²) in [7, 11) is 0. The molecule has 0 aliphatic rings. The van der Waals surface area contributed by atoms with Crippen molar-refractivity contribution in [1.82, 2.24) is 5.32 Å². The molecule has 1 amide bonds. The summed E-state index contributed by atoms with van der Waals surface area (Å²) in [5, 5.41) is 12.2. The van der Waals surface area contributed by atoms with Crippen molar-refractivity contribution in [3.63, 3.8) is 0 Å².